The Hall–Kier alpha value is -1.59. The molecule has 0 saturated carbocycles. The largest absolute Gasteiger partial charge is 0.379 e. The van der Waals surface area contributed by atoms with Crippen molar-refractivity contribution in [3.63, 3.8) is 0 Å². The van der Waals surface area contributed by atoms with Gasteiger partial charge in [0, 0.05) is 32.0 Å². The molecule has 1 aliphatic heterocycles. The maximum atomic E-state index is 5.35. The van der Waals surface area contributed by atoms with Crippen LogP contribution in [0.25, 0.3) is 5.65 Å². The van der Waals surface area contributed by atoms with Gasteiger partial charge in [0.25, 0.3) is 0 Å². The zero-order valence-electron chi connectivity index (χ0n) is 11.1. The molecule has 5 heteroatoms. The van der Waals surface area contributed by atoms with Crippen LogP contribution in [0.3, 0.4) is 0 Å². The van der Waals surface area contributed by atoms with E-state index in [1.165, 1.54) is 0 Å². The van der Waals surface area contributed by atoms with Crippen molar-refractivity contribution in [2.45, 2.75) is 6.42 Å². The van der Waals surface area contributed by atoms with Gasteiger partial charge in [-0.25, -0.2) is 4.98 Å². The highest BCUT2D eigenvalue weighted by Crippen LogP contribution is 2.10. The Morgan fingerprint density at radius 2 is 2.16 bits per heavy atom. The molecule has 0 bridgehead atoms. The minimum absolute atomic E-state index is 0.877. The zero-order valence-corrected chi connectivity index (χ0v) is 11.1. The van der Waals surface area contributed by atoms with Crippen LogP contribution >= 0.6 is 0 Å². The Labute approximate surface area is 113 Å². The van der Waals surface area contributed by atoms with Crippen molar-refractivity contribution in [2.75, 3.05) is 44.7 Å². The van der Waals surface area contributed by atoms with Crippen molar-refractivity contribution in [1.82, 2.24) is 14.3 Å². The van der Waals surface area contributed by atoms with Crippen LogP contribution in [-0.2, 0) is 4.74 Å². The van der Waals surface area contributed by atoms with Crippen LogP contribution in [0.1, 0.15) is 6.42 Å². The monoisotopic (exact) mass is 260 g/mol. The predicted octanol–water partition coefficient (Wildman–Crippen LogP) is 1.47. The predicted molar refractivity (Wildman–Crippen MR) is 75.6 cm³/mol. The first-order chi connectivity index (χ1) is 9.43. The number of rotatable bonds is 5. The summed E-state index contributed by atoms with van der Waals surface area (Å²) in [5.74, 6) is 1.11. The summed E-state index contributed by atoms with van der Waals surface area (Å²) in [6.45, 7) is 6.00. The molecule has 0 radical (unpaired) electrons. The van der Waals surface area contributed by atoms with E-state index >= 15 is 0 Å². The van der Waals surface area contributed by atoms with Crippen molar-refractivity contribution in [3.8, 4) is 0 Å². The number of aromatic nitrogens is 2. The van der Waals surface area contributed by atoms with Gasteiger partial charge in [-0.3, -0.25) is 9.30 Å². The van der Waals surface area contributed by atoms with E-state index in [0.717, 1.165) is 57.3 Å². The highest BCUT2D eigenvalue weighted by atomic mass is 16.5. The third kappa shape index (κ3) is 3.05. The van der Waals surface area contributed by atoms with Gasteiger partial charge >= 0.3 is 0 Å². The second-order valence-electron chi connectivity index (χ2n) is 4.80. The number of nitrogens with zero attached hydrogens (tertiary/aromatic N) is 3. The van der Waals surface area contributed by atoms with Gasteiger partial charge in [0.05, 0.1) is 13.2 Å². The fourth-order valence-corrected chi connectivity index (χ4v) is 2.44. The lowest BCUT2D eigenvalue weighted by molar-refractivity contribution is 0.0378. The number of ether oxygens (including phenoxy) is 1. The lowest BCUT2D eigenvalue weighted by Crippen LogP contribution is -2.37. The zero-order chi connectivity index (χ0) is 12.9. The Kier molecular flexibility index (Phi) is 3.95. The molecule has 0 unspecified atom stereocenters. The van der Waals surface area contributed by atoms with Crippen LogP contribution < -0.4 is 5.32 Å². The molecule has 0 aromatic carbocycles. The number of nitrogens with one attached hydrogen (secondary N) is 1. The smallest absolute Gasteiger partial charge is 0.138 e. The van der Waals surface area contributed by atoms with Crippen molar-refractivity contribution in [2.24, 2.45) is 0 Å². The Morgan fingerprint density at radius 3 is 3.05 bits per heavy atom. The summed E-state index contributed by atoms with van der Waals surface area (Å²) in [4.78, 5) is 6.74. The molecule has 0 spiro atoms. The van der Waals surface area contributed by atoms with Crippen LogP contribution in [-0.4, -0.2) is 53.7 Å². The number of anilines is 1. The summed E-state index contributed by atoms with van der Waals surface area (Å²) in [6, 6.07) is 6.13. The minimum atomic E-state index is 0.877. The maximum absolute atomic E-state index is 5.35. The first kappa shape index (κ1) is 12.4. The van der Waals surface area contributed by atoms with Crippen LogP contribution in [0.15, 0.2) is 30.6 Å². The van der Waals surface area contributed by atoms with Crippen molar-refractivity contribution in [3.05, 3.63) is 30.6 Å². The Morgan fingerprint density at radius 1 is 1.26 bits per heavy atom. The fourth-order valence-electron chi connectivity index (χ4n) is 2.44. The molecule has 1 aliphatic rings. The van der Waals surface area contributed by atoms with Gasteiger partial charge in [0.2, 0.25) is 0 Å². The van der Waals surface area contributed by atoms with Crippen LogP contribution in [0.2, 0.25) is 0 Å². The molecule has 5 nitrogen and oxygen atoms in total. The normalized spacial score (nSPS) is 16.8. The van der Waals surface area contributed by atoms with Crippen LogP contribution in [0, 0.1) is 0 Å². The number of imidazole rings is 1. The van der Waals surface area contributed by atoms with Gasteiger partial charge in [-0.1, -0.05) is 6.07 Å². The average Bonchev–Trinajstić information content (AvgIpc) is 2.94. The van der Waals surface area contributed by atoms with Gasteiger partial charge in [-0.2, -0.15) is 0 Å². The van der Waals surface area contributed by atoms with Crippen molar-refractivity contribution < 1.29 is 4.74 Å². The van der Waals surface area contributed by atoms with E-state index in [1.54, 1.807) is 0 Å². The van der Waals surface area contributed by atoms with E-state index < -0.39 is 0 Å². The lowest BCUT2D eigenvalue weighted by Gasteiger charge is -2.26. The summed E-state index contributed by atoms with van der Waals surface area (Å²) in [5, 5.41) is 3.48. The van der Waals surface area contributed by atoms with Gasteiger partial charge in [-0.05, 0) is 25.1 Å². The van der Waals surface area contributed by atoms with E-state index in [0.29, 0.717) is 0 Å². The molecule has 0 atom stereocenters. The first-order valence-corrected chi connectivity index (χ1v) is 6.89. The third-order valence-electron chi connectivity index (χ3n) is 3.49. The molecular weight excluding hydrogens is 240 g/mol. The lowest BCUT2D eigenvalue weighted by atomic mass is 10.3. The number of pyridine rings is 1. The molecule has 0 amide bonds. The van der Waals surface area contributed by atoms with Gasteiger partial charge < -0.3 is 10.1 Å². The van der Waals surface area contributed by atoms with Gasteiger partial charge in [0.1, 0.15) is 11.5 Å². The molecule has 1 N–H and O–H groups in total. The number of morpholine rings is 1. The fraction of sp³-hybridized carbons (Fsp3) is 0.500. The second-order valence-corrected chi connectivity index (χ2v) is 4.80. The molecule has 1 saturated heterocycles. The number of hydrogen-bond acceptors (Lipinski definition) is 4. The molecular formula is C14H20N4O. The summed E-state index contributed by atoms with van der Waals surface area (Å²) in [7, 11) is 0. The van der Waals surface area contributed by atoms with Crippen LogP contribution in [0.5, 0.6) is 0 Å². The summed E-state index contributed by atoms with van der Waals surface area (Å²) >= 11 is 0. The highest BCUT2D eigenvalue weighted by molar-refractivity contribution is 5.49. The van der Waals surface area contributed by atoms with Crippen LogP contribution in [0.4, 0.5) is 5.82 Å². The topological polar surface area (TPSA) is 41.8 Å². The Balaban J connectivity index is 1.48. The first-order valence-electron chi connectivity index (χ1n) is 6.89. The third-order valence-corrected chi connectivity index (χ3v) is 3.49. The standard InChI is InChI=1S/C14H20N4O/c1-3-13(18-8-6-16-14(18)4-1)15-5-2-7-17-9-11-19-12-10-17/h1,3-4,6,8,15H,2,5,7,9-12H2. The second kappa shape index (κ2) is 6.04. The molecule has 3 rings (SSSR count). The number of fused-ring (bicyclic) bond motifs is 1. The molecule has 19 heavy (non-hydrogen) atoms. The SMILES string of the molecule is c1cc(NCCCN2CCOCC2)n2ccnc2c1. The quantitative estimate of drug-likeness (QED) is 0.827. The summed E-state index contributed by atoms with van der Waals surface area (Å²) in [6.07, 6.45) is 4.96. The van der Waals surface area contributed by atoms with E-state index in [1.807, 2.05) is 24.5 Å². The molecule has 1 fully saturated rings. The molecule has 3 heterocycles. The minimum Gasteiger partial charge on any atom is -0.379 e. The van der Waals surface area contributed by atoms with Gasteiger partial charge in [-0.15, -0.1) is 0 Å². The molecule has 2 aromatic heterocycles. The van der Waals surface area contributed by atoms with E-state index in [4.69, 9.17) is 4.74 Å². The highest BCUT2D eigenvalue weighted by Gasteiger charge is 2.09. The summed E-state index contributed by atoms with van der Waals surface area (Å²) < 4.78 is 7.43. The van der Waals surface area contributed by atoms with E-state index in [2.05, 4.69) is 25.7 Å². The molecule has 0 aliphatic carbocycles. The number of hydrogen-bond donors (Lipinski definition) is 1. The van der Waals surface area contributed by atoms with E-state index in [9.17, 15) is 0 Å². The Bertz CT molecular complexity index is 519. The molecule has 102 valence electrons. The van der Waals surface area contributed by atoms with Crippen molar-refractivity contribution in [1.29, 1.82) is 0 Å². The average molecular weight is 260 g/mol. The molecule has 2 aromatic rings. The summed E-state index contributed by atoms with van der Waals surface area (Å²) in [5.41, 5.74) is 0.984. The van der Waals surface area contributed by atoms with Crippen molar-refractivity contribution >= 4 is 11.5 Å². The maximum Gasteiger partial charge on any atom is 0.138 e. The van der Waals surface area contributed by atoms with E-state index in [-0.39, 0.29) is 0 Å². The van der Waals surface area contributed by atoms with Gasteiger partial charge in [0.15, 0.2) is 0 Å².